The fourth-order valence-corrected chi connectivity index (χ4v) is 5.84. The van der Waals surface area contributed by atoms with Gasteiger partial charge in [-0.25, -0.2) is 9.78 Å². The number of benzene rings is 2. The van der Waals surface area contributed by atoms with E-state index in [0.717, 1.165) is 42.7 Å². The summed E-state index contributed by atoms with van der Waals surface area (Å²) in [6.07, 6.45) is -1.35. The first kappa shape index (κ1) is 30.2. The van der Waals surface area contributed by atoms with Crippen LogP contribution in [0, 0.1) is 11.3 Å². The molecule has 43 heavy (non-hydrogen) atoms. The molecule has 2 aromatic carbocycles. The Morgan fingerprint density at radius 2 is 1.77 bits per heavy atom. The molecule has 3 heterocycles. The number of anilines is 1. The third-order valence-electron chi connectivity index (χ3n) is 8.03. The molecule has 224 valence electrons. The van der Waals surface area contributed by atoms with Crippen LogP contribution in [0.4, 0.5) is 23.8 Å². The van der Waals surface area contributed by atoms with Gasteiger partial charge in [0, 0.05) is 43.8 Å². The summed E-state index contributed by atoms with van der Waals surface area (Å²) in [7, 11) is 1.56. The van der Waals surface area contributed by atoms with Gasteiger partial charge in [-0.2, -0.15) is 18.4 Å². The van der Waals surface area contributed by atoms with Gasteiger partial charge in [0.05, 0.1) is 17.2 Å². The summed E-state index contributed by atoms with van der Waals surface area (Å²) in [6.45, 7) is 1.22. The summed E-state index contributed by atoms with van der Waals surface area (Å²) < 4.78 is 44.3. The number of hydrogen-bond acceptors (Lipinski definition) is 6. The van der Waals surface area contributed by atoms with Crippen LogP contribution in [0.5, 0.6) is 5.75 Å². The number of likely N-dealkylation sites (N-methyl/N-ethyl adjacent to an activating group) is 1. The van der Waals surface area contributed by atoms with Crippen molar-refractivity contribution in [3.63, 3.8) is 0 Å². The highest BCUT2D eigenvalue weighted by molar-refractivity contribution is 6.30. The summed E-state index contributed by atoms with van der Waals surface area (Å²) in [5, 5.41) is 9.69. The number of hydrogen-bond donors (Lipinski definition) is 0. The molecule has 5 rings (SSSR count). The number of piperidine rings is 1. The van der Waals surface area contributed by atoms with Crippen molar-refractivity contribution < 1.29 is 27.5 Å². The second-order valence-corrected chi connectivity index (χ2v) is 11.1. The van der Waals surface area contributed by atoms with Crippen LogP contribution in [-0.4, -0.2) is 65.5 Å². The molecule has 1 aromatic heterocycles. The molecule has 3 aromatic rings. The van der Waals surface area contributed by atoms with E-state index in [1.54, 1.807) is 36.2 Å². The van der Waals surface area contributed by atoms with Crippen molar-refractivity contribution >= 4 is 29.4 Å². The average Bonchev–Trinajstić information content (AvgIpc) is 3.46. The number of ether oxygens (including phenoxy) is 1. The topological polar surface area (TPSA) is 89.8 Å². The van der Waals surface area contributed by atoms with E-state index in [0.29, 0.717) is 35.9 Å². The van der Waals surface area contributed by atoms with Crippen molar-refractivity contribution in [3.8, 4) is 11.8 Å². The van der Waals surface area contributed by atoms with Crippen LogP contribution in [-0.2, 0) is 11.0 Å². The average molecular weight is 612 g/mol. The molecule has 2 saturated heterocycles. The van der Waals surface area contributed by atoms with E-state index in [-0.39, 0.29) is 24.1 Å². The molecule has 0 bridgehead atoms. The highest BCUT2D eigenvalue weighted by atomic mass is 35.5. The maximum absolute atomic E-state index is 14.0. The van der Waals surface area contributed by atoms with Gasteiger partial charge in [-0.3, -0.25) is 4.79 Å². The van der Waals surface area contributed by atoms with E-state index < -0.39 is 29.9 Å². The van der Waals surface area contributed by atoms with Gasteiger partial charge in [0.1, 0.15) is 23.7 Å². The third kappa shape index (κ3) is 6.70. The van der Waals surface area contributed by atoms with Crippen LogP contribution in [0.2, 0.25) is 5.02 Å². The zero-order valence-electron chi connectivity index (χ0n) is 23.3. The van der Waals surface area contributed by atoms with E-state index in [1.165, 1.54) is 11.1 Å². The van der Waals surface area contributed by atoms with Crippen molar-refractivity contribution in [2.24, 2.45) is 0 Å². The lowest BCUT2D eigenvalue weighted by Crippen LogP contribution is -2.51. The fourth-order valence-electron chi connectivity index (χ4n) is 5.71. The normalized spacial score (nSPS) is 20.4. The number of nitrogens with zero attached hydrogens (tertiary/aromatic N) is 5. The van der Waals surface area contributed by atoms with Crippen molar-refractivity contribution in [3.05, 3.63) is 88.6 Å². The number of pyridine rings is 1. The molecule has 2 aliphatic rings. The maximum atomic E-state index is 14.0. The second-order valence-electron chi connectivity index (χ2n) is 10.7. The standard InChI is InChI=1S/C31H29ClF3N5O3/c1-38(30(42)43-24-12-8-22(9-13-24)31(33,34)35)27-19-39(18-25(27)21-6-10-23(32)11-7-21)29(41)26-4-2-3-15-40(26)28-14-5-20(16-36)17-37-28/h5-14,17,25-27H,2-4,15,18-19H2,1H3/t25-,26?,27+/m0/s1. The number of likely N-dealkylation sites (tertiary alicyclic amines) is 1. The molecule has 8 nitrogen and oxygen atoms in total. The van der Waals surface area contributed by atoms with Crippen LogP contribution in [0.1, 0.15) is 41.9 Å². The van der Waals surface area contributed by atoms with Crippen LogP contribution in [0.25, 0.3) is 0 Å². The smallest absolute Gasteiger partial charge is 0.410 e. The first-order valence-electron chi connectivity index (χ1n) is 13.8. The first-order valence-corrected chi connectivity index (χ1v) is 14.2. The van der Waals surface area contributed by atoms with Gasteiger partial charge < -0.3 is 19.4 Å². The Hall–Kier alpha value is -4.30. The Balaban J connectivity index is 1.36. The van der Waals surface area contributed by atoms with Crippen LogP contribution < -0.4 is 9.64 Å². The predicted molar refractivity (Wildman–Crippen MR) is 154 cm³/mol. The summed E-state index contributed by atoms with van der Waals surface area (Å²) in [4.78, 5) is 36.8. The Bertz CT molecular complexity index is 1490. The molecule has 12 heteroatoms. The minimum absolute atomic E-state index is 0.0217. The van der Waals surface area contributed by atoms with Gasteiger partial charge >= 0.3 is 12.3 Å². The molecule has 0 saturated carbocycles. The number of nitriles is 1. The summed E-state index contributed by atoms with van der Waals surface area (Å²) in [5.41, 5.74) is 0.470. The van der Waals surface area contributed by atoms with Gasteiger partial charge in [-0.15, -0.1) is 0 Å². The van der Waals surface area contributed by atoms with E-state index in [2.05, 4.69) is 11.1 Å². The number of aromatic nitrogens is 1. The highest BCUT2D eigenvalue weighted by Crippen LogP contribution is 2.35. The van der Waals surface area contributed by atoms with E-state index in [4.69, 9.17) is 21.6 Å². The van der Waals surface area contributed by atoms with Crippen molar-refractivity contribution in [1.29, 1.82) is 5.26 Å². The SMILES string of the molecule is CN(C(=O)Oc1ccc(C(F)(F)F)cc1)[C@@H]1CN(C(=O)C2CCCCN2c2ccc(C#N)cn2)C[C@H]1c1ccc(Cl)cc1. The molecule has 1 unspecified atom stereocenters. The van der Waals surface area contributed by atoms with Gasteiger partial charge in [0.15, 0.2) is 0 Å². The highest BCUT2D eigenvalue weighted by Gasteiger charge is 2.43. The molecule has 2 fully saturated rings. The lowest BCUT2D eigenvalue weighted by atomic mass is 9.93. The van der Waals surface area contributed by atoms with E-state index in [1.807, 2.05) is 17.0 Å². The summed E-state index contributed by atoms with van der Waals surface area (Å²) in [5.74, 6) is 0.249. The van der Waals surface area contributed by atoms with Crippen LogP contribution in [0.3, 0.4) is 0 Å². The number of rotatable bonds is 5. The quantitative estimate of drug-likeness (QED) is 0.346. The number of amides is 2. The summed E-state index contributed by atoms with van der Waals surface area (Å²) >= 11 is 6.12. The Morgan fingerprint density at radius 1 is 1.05 bits per heavy atom. The molecular weight excluding hydrogens is 583 g/mol. The first-order chi connectivity index (χ1) is 20.5. The van der Waals surface area contributed by atoms with Crippen molar-refractivity contribution in [2.45, 2.75) is 43.4 Å². The van der Waals surface area contributed by atoms with E-state index in [9.17, 15) is 22.8 Å². The number of halogens is 4. The Labute approximate surface area is 252 Å². The minimum atomic E-state index is -4.50. The second kappa shape index (κ2) is 12.5. The predicted octanol–water partition coefficient (Wildman–Crippen LogP) is 6.11. The van der Waals surface area contributed by atoms with Crippen molar-refractivity contribution in [1.82, 2.24) is 14.8 Å². The zero-order chi connectivity index (χ0) is 30.7. The number of carbonyl (C=O) groups is 2. The molecule has 3 atom stereocenters. The van der Waals surface area contributed by atoms with Crippen LogP contribution >= 0.6 is 11.6 Å². The Kier molecular flexibility index (Phi) is 8.78. The molecule has 0 aliphatic carbocycles. The lowest BCUT2D eigenvalue weighted by Gasteiger charge is -2.37. The third-order valence-corrected chi connectivity index (χ3v) is 8.28. The summed E-state index contributed by atoms with van der Waals surface area (Å²) in [6, 6.07) is 15.7. The maximum Gasteiger partial charge on any atom is 0.416 e. The number of alkyl halides is 3. The van der Waals surface area contributed by atoms with Gasteiger partial charge in [0.25, 0.3) is 0 Å². The molecule has 0 radical (unpaired) electrons. The Morgan fingerprint density at radius 3 is 2.40 bits per heavy atom. The van der Waals surface area contributed by atoms with Crippen molar-refractivity contribution in [2.75, 3.05) is 31.6 Å². The molecule has 0 N–H and O–H groups in total. The van der Waals surface area contributed by atoms with Gasteiger partial charge in [-0.05, 0) is 73.4 Å². The van der Waals surface area contributed by atoms with Gasteiger partial charge in [-0.1, -0.05) is 23.7 Å². The van der Waals surface area contributed by atoms with Gasteiger partial charge in [0.2, 0.25) is 5.91 Å². The molecule has 2 aliphatic heterocycles. The molecular formula is C31H29ClF3N5O3. The van der Waals surface area contributed by atoms with Crippen LogP contribution in [0.15, 0.2) is 66.9 Å². The zero-order valence-corrected chi connectivity index (χ0v) is 24.1. The molecule has 0 spiro atoms. The monoisotopic (exact) mass is 611 g/mol. The fraction of sp³-hybridized carbons (Fsp3) is 0.355. The lowest BCUT2D eigenvalue weighted by molar-refractivity contribution is -0.137. The van der Waals surface area contributed by atoms with E-state index >= 15 is 0 Å². The molecule has 2 amide bonds. The largest absolute Gasteiger partial charge is 0.416 e. The minimum Gasteiger partial charge on any atom is -0.410 e. The number of carbonyl (C=O) groups excluding carboxylic acids is 2.